The third-order valence-corrected chi connectivity index (χ3v) is 2.28. The van der Waals surface area contributed by atoms with Crippen molar-refractivity contribution in [1.82, 2.24) is 0 Å². The van der Waals surface area contributed by atoms with Crippen molar-refractivity contribution in [2.45, 2.75) is 33.6 Å². The minimum atomic E-state index is -0.0764. The number of aromatic hydroxyl groups is 2. The first kappa shape index (κ1) is 12.8. The van der Waals surface area contributed by atoms with Crippen molar-refractivity contribution in [2.75, 3.05) is 0 Å². The molecule has 0 fully saturated rings. The van der Waals surface area contributed by atoms with E-state index in [1.807, 2.05) is 0 Å². The monoisotopic (exact) mass is 196 g/mol. The number of phenols is 2. The average molecular weight is 196 g/mol. The molecule has 14 heavy (non-hydrogen) atoms. The molecule has 80 valence electrons. The van der Waals surface area contributed by atoms with Gasteiger partial charge in [-0.3, -0.25) is 0 Å². The highest BCUT2D eigenvalue weighted by molar-refractivity contribution is 5.36. The lowest BCUT2D eigenvalue weighted by Crippen LogP contribution is -1.85. The van der Waals surface area contributed by atoms with E-state index in [1.54, 1.807) is 12.1 Å². The lowest BCUT2D eigenvalue weighted by Gasteiger charge is -1.98. The predicted octanol–water partition coefficient (Wildman–Crippen LogP) is 3.54. The van der Waals surface area contributed by atoms with Crippen LogP contribution in [0.15, 0.2) is 24.3 Å². The molecule has 0 spiro atoms. The van der Waals surface area contributed by atoms with Gasteiger partial charge in [0.25, 0.3) is 0 Å². The van der Waals surface area contributed by atoms with Crippen LogP contribution in [0.3, 0.4) is 0 Å². The number of para-hydroxylation sites is 2. The van der Waals surface area contributed by atoms with Gasteiger partial charge in [0, 0.05) is 0 Å². The molecule has 0 aliphatic rings. The van der Waals surface area contributed by atoms with Gasteiger partial charge in [-0.05, 0) is 18.1 Å². The van der Waals surface area contributed by atoms with Gasteiger partial charge < -0.3 is 10.2 Å². The smallest absolute Gasteiger partial charge is 0.157 e. The van der Waals surface area contributed by atoms with Crippen LogP contribution >= 0.6 is 0 Å². The number of phenolic OH excluding ortho intramolecular Hbond substituents is 2. The summed E-state index contributed by atoms with van der Waals surface area (Å²) in [6, 6.07) is 6.15. The second-order valence-corrected chi connectivity index (χ2v) is 3.41. The van der Waals surface area contributed by atoms with Crippen LogP contribution in [0.2, 0.25) is 0 Å². The highest BCUT2D eigenvalue weighted by atomic mass is 16.3. The zero-order valence-corrected chi connectivity index (χ0v) is 9.20. The average Bonchev–Trinajstić information content (AvgIpc) is 2.22. The summed E-state index contributed by atoms with van der Waals surface area (Å²) in [5.74, 6) is 0.782. The van der Waals surface area contributed by atoms with E-state index in [1.165, 1.54) is 25.0 Å². The molecule has 0 aliphatic heterocycles. The van der Waals surface area contributed by atoms with Gasteiger partial charge in [-0.15, -0.1) is 0 Å². The number of hydrogen-bond donors (Lipinski definition) is 2. The minimum absolute atomic E-state index is 0.0764. The van der Waals surface area contributed by atoms with Gasteiger partial charge in [0.2, 0.25) is 0 Å². The zero-order chi connectivity index (χ0) is 11.0. The van der Waals surface area contributed by atoms with Crippen LogP contribution in [0, 0.1) is 5.92 Å². The molecule has 0 radical (unpaired) electrons. The molecule has 0 saturated carbocycles. The Kier molecular flexibility index (Phi) is 6.63. The van der Waals surface area contributed by atoms with Crippen molar-refractivity contribution < 1.29 is 10.2 Å². The van der Waals surface area contributed by atoms with Gasteiger partial charge in [-0.25, -0.2) is 0 Å². The fourth-order valence-electron chi connectivity index (χ4n) is 0.753. The Balaban J connectivity index is 0.000000255. The van der Waals surface area contributed by atoms with E-state index in [0.717, 1.165) is 5.92 Å². The molecule has 0 heterocycles. The van der Waals surface area contributed by atoms with Crippen molar-refractivity contribution >= 4 is 0 Å². The Morgan fingerprint density at radius 1 is 1.00 bits per heavy atom. The molecular formula is C12H20O2. The molecule has 0 amide bonds. The Morgan fingerprint density at radius 2 is 1.36 bits per heavy atom. The number of rotatable bonds is 2. The molecule has 2 nitrogen and oxygen atoms in total. The van der Waals surface area contributed by atoms with Crippen LogP contribution in [0.25, 0.3) is 0 Å². The van der Waals surface area contributed by atoms with Crippen LogP contribution in [-0.2, 0) is 0 Å². The van der Waals surface area contributed by atoms with E-state index in [0.29, 0.717) is 0 Å². The summed E-state index contributed by atoms with van der Waals surface area (Å²) in [5.41, 5.74) is 0. The van der Waals surface area contributed by atoms with E-state index in [9.17, 15) is 0 Å². The van der Waals surface area contributed by atoms with Crippen molar-refractivity contribution in [3.05, 3.63) is 24.3 Å². The Bertz CT molecular complexity index is 221. The molecule has 0 atom stereocenters. The maximum atomic E-state index is 8.67. The SMILES string of the molecule is CCC(C)CC.Oc1ccccc1O. The fourth-order valence-corrected chi connectivity index (χ4v) is 0.753. The van der Waals surface area contributed by atoms with Gasteiger partial charge in [-0.1, -0.05) is 45.7 Å². The normalized spacial score (nSPS) is 9.43. The van der Waals surface area contributed by atoms with Crippen LogP contribution in [-0.4, -0.2) is 10.2 Å². The molecule has 0 aromatic heterocycles. The molecule has 1 aromatic rings. The second-order valence-electron chi connectivity index (χ2n) is 3.41. The summed E-state index contributed by atoms with van der Waals surface area (Å²) in [4.78, 5) is 0. The summed E-state index contributed by atoms with van der Waals surface area (Å²) < 4.78 is 0. The Hall–Kier alpha value is -1.18. The summed E-state index contributed by atoms with van der Waals surface area (Å²) in [6.07, 6.45) is 2.66. The molecule has 2 heteroatoms. The predicted molar refractivity (Wildman–Crippen MR) is 59.5 cm³/mol. The van der Waals surface area contributed by atoms with Crippen LogP contribution < -0.4 is 0 Å². The summed E-state index contributed by atoms with van der Waals surface area (Å²) in [6.45, 7) is 6.74. The highest BCUT2D eigenvalue weighted by Gasteiger charge is 1.90. The summed E-state index contributed by atoms with van der Waals surface area (Å²) in [7, 11) is 0. The van der Waals surface area contributed by atoms with E-state index in [-0.39, 0.29) is 11.5 Å². The zero-order valence-electron chi connectivity index (χ0n) is 9.20. The summed E-state index contributed by atoms with van der Waals surface area (Å²) >= 11 is 0. The third kappa shape index (κ3) is 5.46. The van der Waals surface area contributed by atoms with Crippen LogP contribution in [0.5, 0.6) is 11.5 Å². The number of benzene rings is 1. The third-order valence-electron chi connectivity index (χ3n) is 2.28. The maximum absolute atomic E-state index is 8.67. The van der Waals surface area contributed by atoms with E-state index in [4.69, 9.17) is 10.2 Å². The number of hydrogen-bond acceptors (Lipinski definition) is 2. The fraction of sp³-hybridized carbons (Fsp3) is 0.500. The van der Waals surface area contributed by atoms with Gasteiger partial charge in [0.05, 0.1) is 0 Å². The van der Waals surface area contributed by atoms with Gasteiger partial charge >= 0.3 is 0 Å². The second kappa shape index (κ2) is 7.25. The Morgan fingerprint density at radius 3 is 1.50 bits per heavy atom. The van der Waals surface area contributed by atoms with Crippen LogP contribution in [0.4, 0.5) is 0 Å². The largest absolute Gasteiger partial charge is 0.504 e. The van der Waals surface area contributed by atoms with Crippen molar-refractivity contribution in [2.24, 2.45) is 5.92 Å². The Labute approximate surface area is 86.2 Å². The standard InChI is InChI=1S/C6H6O2.C6H14/c7-5-3-1-2-4-6(5)8;1-4-6(3)5-2/h1-4,7-8H;6H,4-5H2,1-3H3. The quantitative estimate of drug-likeness (QED) is 0.710. The first-order valence-corrected chi connectivity index (χ1v) is 5.08. The molecule has 0 bridgehead atoms. The van der Waals surface area contributed by atoms with E-state index >= 15 is 0 Å². The molecule has 1 aromatic carbocycles. The highest BCUT2D eigenvalue weighted by Crippen LogP contribution is 2.21. The molecule has 1 rings (SSSR count). The maximum Gasteiger partial charge on any atom is 0.157 e. The van der Waals surface area contributed by atoms with E-state index < -0.39 is 0 Å². The molecule has 0 unspecified atom stereocenters. The lowest BCUT2D eigenvalue weighted by molar-refractivity contribution is 0.404. The molecule has 0 aliphatic carbocycles. The van der Waals surface area contributed by atoms with E-state index in [2.05, 4.69) is 20.8 Å². The van der Waals surface area contributed by atoms with Gasteiger partial charge in [0.1, 0.15) is 0 Å². The molecule has 2 N–H and O–H groups in total. The topological polar surface area (TPSA) is 40.5 Å². The van der Waals surface area contributed by atoms with Crippen molar-refractivity contribution in [1.29, 1.82) is 0 Å². The van der Waals surface area contributed by atoms with Gasteiger partial charge in [0.15, 0.2) is 11.5 Å². The first-order valence-electron chi connectivity index (χ1n) is 5.08. The van der Waals surface area contributed by atoms with Crippen LogP contribution in [0.1, 0.15) is 33.6 Å². The first-order chi connectivity index (χ1) is 6.61. The summed E-state index contributed by atoms with van der Waals surface area (Å²) in [5, 5.41) is 17.3. The molecular weight excluding hydrogens is 176 g/mol. The lowest BCUT2D eigenvalue weighted by atomic mass is 10.1. The minimum Gasteiger partial charge on any atom is -0.504 e. The van der Waals surface area contributed by atoms with Crippen molar-refractivity contribution in [3.8, 4) is 11.5 Å². The van der Waals surface area contributed by atoms with Crippen molar-refractivity contribution in [3.63, 3.8) is 0 Å². The molecule has 0 saturated heterocycles. The van der Waals surface area contributed by atoms with Gasteiger partial charge in [-0.2, -0.15) is 0 Å².